The predicted octanol–water partition coefficient (Wildman–Crippen LogP) is 2.76. The van der Waals surface area contributed by atoms with E-state index < -0.39 is 0 Å². The summed E-state index contributed by atoms with van der Waals surface area (Å²) in [6, 6.07) is 0.540. The number of hydrogen-bond donors (Lipinski definition) is 1. The lowest BCUT2D eigenvalue weighted by atomic mass is 10.1. The molecule has 0 fully saturated rings. The van der Waals surface area contributed by atoms with Crippen molar-refractivity contribution in [2.24, 2.45) is 7.05 Å². The first-order valence-corrected chi connectivity index (χ1v) is 8.19. The average Bonchev–Trinajstić information content (AvgIpc) is 2.53. The Hall–Kier alpha value is 0. The maximum Gasteiger partial charge on any atom is 0.0738 e. The summed E-state index contributed by atoms with van der Waals surface area (Å²) in [4.78, 5) is 0. The highest BCUT2D eigenvalue weighted by molar-refractivity contribution is 9.10. The predicted molar refractivity (Wildman–Crippen MR) is 79.8 cm³/mol. The van der Waals surface area contributed by atoms with E-state index >= 15 is 0 Å². The van der Waals surface area contributed by atoms with Crippen LogP contribution in [0.15, 0.2) is 4.47 Å². The Kier molecular flexibility index (Phi) is 6.59. The van der Waals surface area contributed by atoms with Crippen LogP contribution in [0, 0.1) is 6.92 Å². The number of hydrogen-bond acceptors (Lipinski definition) is 3. The van der Waals surface area contributed by atoms with Gasteiger partial charge in [-0.15, -0.1) is 0 Å². The Bertz CT molecular complexity index is 352. The highest BCUT2D eigenvalue weighted by Gasteiger charge is 2.15. The Balaban J connectivity index is 2.70. The van der Waals surface area contributed by atoms with Gasteiger partial charge in [-0.2, -0.15) is 16.9 Å². The molecule has 0 bridgehead atoms. The molecule has 1 N–H and O–H groups in total. The first kappa shape index (κ1) is 15.1. The summed E-state index contributed by atoms with van der Waals surface area (Å²) < 4.78 is 3.15. The van der Waals surface area contributed by atoms with Gasteiger partial charge in [-0.25, -0.2) is 0 Å². The molecule has 98 valence electrons. The average molecular weight is 320 g/mol. The second-order valence-corrected chi connectivity index (χ2v) is 5.99. The van der Waals surface area contributed by atoms with E-state index in [4.69, 9.17) is 0 Å². The second-order valence-electron chi connectivity index (χ2n) is 4.21. The van der Waals surface area contributed by atoms with Gasteiger partial charge in [0.25, 0.3) is 0 Å². The number of aromatic nitrogens is 2. The summed E-state index contributed by atoms with van der Waals surface area (Å²) >= 11 is 5.54. The van der Waals surface area contributed by atoms with E-state index in [-0.39, 0.29) is 0 Å². The molecule has 1 unspecified atom stereocenters. The molecule has 1 aromatic rings. The van der Waals surface area contributed by atoms with Crippen molar-refractivity contribution in [2.45, 2.75) is 32.7 Å². The minimum atomic E-state index is 0.540. The molecule has 0 radical (unpaired) electrons. The van der Waals surface area contributed by atoms with Crippen LogP contribution in [0.2, 0.25) is 0 Å². The van der Waals surface area contributed by atoms with Crippen molar-refractivity contribution < 1.29 is 0 Å². The third kappa shape index (κ3) is 4.30. The molecule has 1 rings (SSSR count). The number of rotatable bonds is 7. The summed E-state index contributed by atoms with van der Waals surface area (Å²) in [5.41, 5.74) is 2.36. The molecule has 0 aliphatic rings. The fourth-order valence-corrected chi connectivity index (χ4v) is 2.98. The van der Waals surface area contributed by atoms with Gasteiger partial charge in [-0.05, 0) is 47.8 Å². The maximum absolute atomic E-state index is 4.44. The zero-order valence-electron chi connectivity index (χ0n) is 11.1. The number of likely N-dealkylation sites (N-methyl/N-ethyl adjacent to an activating group) is 1. The van der Waals surface area contributed by atoms with Crippen molar-refractivity contribution in [1.82, 2.24) is 15.1 Å². The van der Waals surface area contributed by atoms with Gasteiger partial charge in [0.05, 0.1) is 15.9 Å². The van der Waals surface area contributed by atoms with E-state index in [1.807, 2.05) is 30.4 Å². The van der Waals surface area contributed by atoms with E-state index in [0.29, 0.717) is 6.04 Å². The quantitative estimate of drug-likeness (QED) is 0.838. The molecule has 0 aliphatic heterocycles. The van der Waals surface area contributed by atoms with Crippen LogP contribution in [-0.4, -0.2) is 34.4 Å². The summed E-state index contributed by atoms with van der Waals surface area (Å²) in [6.07, 6.45) is 4.39. The summed E-state index contributed by atoms with van der Waals surface area (Å²) in [5, 5.41) is 8.00. The van der Waals surface area contributed by atoms with E-state index in [1.165, 1.54) is 17.9 Å². The summed E-state index contributed by atoms with van der Waals surface area (Å²) in [7, 11) is 2.02. The Labute approximate surface area is 117 Å². The van der Waals surface area contributed by atoms with Crippen molar-refractivity contribution in [3.63, 3.8) is 0 Å². The van der Waals surface area contributed by atoms with Gasteiger partial charge in [0, 0.05) is 19.5 Å². The molecular formula is C12H22BrN3S. The van der Waals surface area contributed by atoms with Gasteiger partial charge < -0.3 is 5.32 Å². The zero-order valence-corrected chi connectivity index (χ0v) is 13.5. The molecule has 1 atom stereocenters. The molecular weight excluding hydrogens is 298 g/mol. The van der Waals surface area contributed by atoms with Crippen molar-refractivity contribution in [1.29, 1.82) is 0 Å². The molecule has 0 amide bonds. The zero-order chi connectivity index (χ0) is 12.8. The highest BCUT2D eigenvalue weighted by Crippen LogP contribution is 2.22. The van der Waals surface area contributed by atoms with Crippen LogP contribution in [0.1, 0.15) is 24.7 Å². The maximum atomic E-state index is 4.44. The second kappa shape index (κ2) is 7.44. The van der Waals surface area contributed by atoms with Crippen molar-refractivity contribution in [3.05, 3.63) is 15.9 Å². The molecule has 3 nitrogen and oxygen atoms in total. The van der Waals surface area contributed by atoms with Crippen molar-refractivity contribution in [3.8, 4) is 0 Å². The molecule has 1 heterocycles. The van der Waals surface area contributed by atoms with Crippen LogP contribution in [0.4, 0.5) is 0 Å². The molecule has 0 aliphatic carbocycles. The van der Waals surface area contributed by atoms with E-state index in [0.717, 1.165) is 23.1 Å². The normalized spacial score (nSPS) is 13.0. The first-order valence-electron chi connectivity index (χ1n) is 6.00. The largest absolute Gasteiger partial charge is 0.314 e. The Morgan fingerprint density at radius 1 is 1.53 bits per heavy atom. The number of nitrogens with zero attached hydrogens (tertiary/aromatic N) is 2. The standard InChI is InChI=1S/C12H22BrN3S/c1-5-14-10(6-7-17-4)8-11-12(13)9(2)15-16(11)3/h10,14H,5-8H2,1-4H3. The van der Waals surface area contributed by atoms with Gasteiger partial charge in [-0.1, -0.05) is 6.92 Å². The van der Waals surface area contributed by atoms with Crippen LogP contribution in [0.25, 0.3) is 0 Å². The summed E-state index contributed by atoms with van der Waals surface area (Å²) in [6.45, 7) is 5.22. The fourth-order valence-electron chi connectivity index (χ4n) is 1.96. The van der Waals surface area contributed by atoms with Crippen molar-refractivity contribution >= 4 is 27.7 Å². The number of thioether (sulfide) groups is 1. The smallest absolute Gasteiger partial charge is 0.0738 e. The van der Waals surface area contributed by atoms with Crippen LogP contribution in [-0.2, 0) is 13.5 Å². The van der Waals surface area contributed by atoms with Gasteiger partial charge >= 0.3 is 0 Å². The molecule has 0 aromatic carbocycles. The first-order chi connectivity index (χ1) is 8.10. The minimum Gasteiger partial charge on any atom is -0.314 e. The van der Waals surface area contributed by atoms with E-state index in [1.54, 1.807) is 0 Å². The fraction of sp³-hybridized carbons (Fsp3) is 0.750. The number of nitrogens with one attached hydrogen (secondary N) is 1. The van der Waals surface area contributed by atoms with Crippen LogP contribution >= 0.6 is 27.7 Å². The van der Waals surface area contributed by atoms with Gasteiger partial charge in [-0.3, -0.25) is 4.68 Å². The summed E-state index contributed by atoms with van der Waals surface area (Å²) in [5.74, 6) is 1.20. The third-order valence-electron chi connectivity index (χ3n) is 2.86. The van der Waals surface area contributed by atoms with Gasteiger partial charge in [0.2, 0.25) is 0 Å². The molecule has 1 aromatic heterocycles. The topological polar surface area (TPSA) is 29.9 Å². The van der Waals surface area contributed by atoms with Gasteiger partial charge in [0.15, 0.2) is 0 Å². The molecule has 5 heteroatoms. The molecule has 0 spiro atoms. The lowest BCUT2D eigenvalue weighted by Crippen LogP contribution is -2.32. The number of halogens is 1. The van der Waals surface area contributed by atoms with E-state index in [9.17, 15) is 0 Å². The van der Waals surface area contributed by atoms with Crippen LogP contribution < -0.4 is 5.32 Å². The van der Waals surface area contributed by atoms with Crippen molar-refractivity contribution in [2.75, 3.05) is 18.6 Å². The highest BCUT2D eigenvalue weighted by atomic mass is 79.9. The van der Waals surface area contributed by atoms with E-state index in [2.05, 4.69) is 39.5 Å². The van der Waals surface area contributed by atoms with Crippen LogP contribution in [0.5, 0.6) is 0 Å². The number of aryl methyl sites for hydroxylation is 2. The Morgan fingerprint density at radius 2 is 2.24 bits per heavy atom. The Morgan fingerprint density at radius 3 is 2.71 bits per heavy atom. The SMILES string of the molecule is CCNC(CCSC)Cc1c(Br)c(C)nn1C. The third-order valence-corrected chi connectivity index (χ3v) is 4.54. The molecule has 0 saturated carbocycles. The lowest BCUT2D eigenvalue weighted by Gasteiger charge is -2.17. The lowest BCUT2D eigenvalue weighted by molar-refractivity contribution is 0.497. The molecule has 17 heavy (non-hydrogen) atoms. The minimum absolute atomic E-state index is 0.540. The monoisotopic (exact) mass is 319 g/mol. The van der Waals surface area contributed by atoms with Crippen LogP contribution in [0.3, 0.4) is 0 Å². The molecule has 0 saturated heterocycles. The van der Waals surface area contributed by atoms with Gasteiger partial charge in [0.1, 0.15) is 0 Å².